The van der Waals surface area contributed by atoms with Gasteiger partial charge in [-0.05, 0) is 11.4 Å². The van der Waals surface area contributed by atoms with E-state index in [4.69, 9.17) is 11.6 Å². The maximum atomic E-state index is 10.4. The van der Waals surface area contributed by atoms with E-state index < -0.39 is 0 Å². The van der Waals surface area contributed by atoms with Gasteiger partial charge < -0.3 is 0 Å². The Morgan fingerprint density at radius 3 is 3.18 bits per heavy atom. The molecule has 1 aromatic heterocycles. The van der Waals surface area contributed by atoms with Crippen molar-refractivity contribution in [3.63, 3.8) is 0 Å². The molecule has 0 atom stereocenters. The molecule has 0 unspecified atom stereocenters. The largest absolute Gasteiger partial charge is 0.297 e. The smallest absolute Gasteiger partial charge is 0.161 e. The molecule has 0 aliphatic carbocycles. The molecule has 0 saturated carbocycles. The van der Waals surface area contributed by atoms with Crippen LogP contribution >= 0.6 is 22.9 Å². The Hall–Kier alpha value is -0.780. The third kappa shape index (κ3) is 2.07. The highest BCUT2D eigenvalue weighted by atomic mass is 35.5. The summed E-state index contributed by atoms with van der Waals surface area (Å²) in [5.74, 6) is 5.78. The molecule has 0 N–H and O–H groups in total. The van der Waals surface area contributed by atoms with Crippen molar-refractivity contribution in [1.82, 2.24) is 0 Å². The molecular weight excluding hydrogens is 180 g/mol. The van der Waals surface area contributed by atoms with Gasteiger partial charge in [-0.3, -0.25) is 4.79 Å². The minimum absolute atomic E-state index is 0.300. The van der Waals surface area contributed by atoms with Crippen molar-refractivity contribution in [2.75, 3.05) is 5.88 Å². The van der Waals surface area contributed by atoms with E-state index in [1.807, 2.05) is 11.4 Å². The predicted octanol–water partition coefficient (Wildman–Crippen LogP) is 2.15. The van der Waals surface area contributed by atoms with E-state index in [0.29, 0.717) is 10.8 Å². The van der Waals surface area contributed by atoms with Gasteiger partial charge in [-0.2, -0.15) is 0 Å². The van der Waals surface area contributed by atoms with E-state index in [2.05, 4.69) is 11.8 Å². The van der Waals surface area contributed by atoms with Gasteiger partial charge in [0.1, 0.15) is 0 Å². The molecule has 0 spiro atoms. The zero-order valence-corrected chi connectivity index (χ0v) is 7.21. The quantitative estimate of drug-likeness (QED) is 0.371. The van der Waals surface area contributed by atoms with Crippen LogP contribution in [0.2, 0.25) is 0 Å². The Morgan fingerprint density at radius 1 is 1.73 bits per heavy atom. The highest BCUT2D eigenvalue weighted by molar-refractivity contribution is 7.11. The van der Waals surface area contributed by atoms with Crippen LogP contribution in [0.3, 0.4) is 0 Å². The number of alkyl halides is 1. The third-order valence-corrected chi connectivity index (χ3v) is 2.07. The van der Waals surface area contributed by atoms with E-state index in [9.17, 15) is 4.79 Å². The van der Waals surface area contributed by atoms with Crippen LogP contribution in [0, 0.1) is 11.8 Å². The lowest BCUT2D eigenvalue weighted by Crippen LogP contribution is -1.76. The van der Waals surface area contributed by atoms with Crippen molar-refractivity contribution in [1.29, 1.82) is 0 Å². The second-order valence-corrected chi connectivity index (χ2v) is 2.97. The van der Waals surface area contributed by atoms with Crippen LogP contribution in [0.4, 0.5) is 0 Å². The molecule has 0 saturated heterocycles. The zero-order chi connectivity index (χ0) is 8.10. The first-order chi connectivity index (χ1) is 5.38. The van der Waals surface area contributed by atoms with Gasteiger partial charge in [0, 0.05) is 5.56 Å². The van der Waals surface area contributed by atoms with Crippen LogP contribution in [0.1, 0.15) is 15.2 Å². The Morgan fingerprint density at radius 2 is 2.55 bits per heavy atom. The first-order valence-electron chi connectivity index (χ1n) is 2.96. The molecular formula is C8H5ClOS. The minimum atomic E-state index is 0.300. The third-order valence-electron chi connectivity index (χ3n) is 1.09. The summed E-state index contributed by atoms with van der Waals surface area (Å²) in [6, 6.07) is 1.81. The van der Waals surface area contributed by atoms with Gasteiger partial charge in [0.25, 0.3) is 0 Å². The summed E-state index contributed by atoms with van der Waals surface area (Å²) in [4.78, 5) is 11.0. The molecule has 11 heavy (non-hydrogen) atoms. The fraction of sp³-hybridized carbons (Fsp3) is 0.125. The van der Waals surface area contributed by atoms with Gasteiger partial charge in [0.05, 0.1) is 10.8 Å². The average molecular weight is 185 g/mol. The summed E-state index contributed by atoms with van der Waals surface area (Å²) >= 11 is 6.74. The highest BCUT2D eigenvalue weighted by Crippen LogP contribution is 2.12. The number of carbonyl (C=O) groups is 1. The molecule has 0 aliphatic heterocycles. The average Bonchev–Trinajstić information content (AvgIpc) is 2.47. The lowest BCUT2D eigenvalue weighted by molar-refractivity contribution is 0.112. The fourth-order valence-corrected chi connectivity index (χ4v) is 1.36. The van der Waals surface area contributed by atoms with Crippen molar-refractivity contribution < 1.29 is 4.79 Å². The zero-order valence-electron chi connectivity index (χ0n) is 5.63. The van der Waals surface area contributed by atoms with Crippen LogP contribution in [-0.2, 0) is 0 Å². The standard InChI is InChI=1S/C8H5ClOS/c9-4-1-2-7-3-5-11-8(7)6-10/h3,5-6H,4H2. The summed E-state index contributed by atoms with van der Waals surface area (Å²) in [5, 5.41) is 1.84. The normalized spacial score (nSPS) is 8.45. The van der Waals surface area contributed by atoms with Gasteiger partial charge in [-0.25, -0.2) is 0 Å². The van der Waals surface area contributed by atoms with Gasteiger partial charge in [-0.1, -0.05) is 11.8 Å². The molecule has 1 nitrogen and oxygen atoms in total. The van der Waals surface area contributed by atoms with E-state index in [-0.39, 0.29) is 0 Å². The number of hydrogen-bond acceptors (Lipinski definition) is 2. The molecule has 1 aromatic rings. The minimum Gasteiger partial charge on any atom is -0.297 e. The van der Waals surface area contributed by atoms with Crippen molar-refractivity contribution in [2.24, 2.45) is 0 Å². The monoisotopic (exact) mass is 184 g/mol. The molecule has 3 heteroatoms. The van der Waals surface area contributed by atoms with Crippen LogP contribution in [0.25, 0.3) is 0 Å². The molecule has 1 rings (SSSR count). The van der Waals surface area contributed by atoms with Crippen molar-refractivity contribution in [3.05, 3.63) is 21.9 Å². The number of thiophene rings is 1. The number of halogens is 1. The van der Waals surface area contributed by atoms with E-state index in [1.165, 1.54) is 11.3 Å². The van der Waals surface area contributed by atoms with Gasteiger partial charge >= 0.3 is 0 Å². The van der Waals surface area contributed by atoms with Crippen LogP contribution in [-0.4, -0.2) is 12.2 Å². The van der Waals surface area contributed by atoms with Crippen molar-refractivity contribution >= 4 is 29.2 Å². The summed E-state index contributed by atoms with van der Waals surface area (Å²) in [5.41, 5.74) is 0.769. The van der Waals surface area contributed by atoms with Crippen LogP contribution in [0.5, 0.6) is 0 Å². The molecule has 0 amide bonds. The molecule has 0 aliphatic rings. The maximum Gasteiger partial charge on any atom is 0.161 e. The summed E-state index contributed by atoms with van der Waals surface area (Å²) in [6.45, 7) is 0. The predicted molar refractivity (Wildman–Crippen MR) is 47.3 cm³/mol. The SMILES string of the molecule is O=Cc1sccc1C#CCCl. The number of rotatable bonds is 1. The number of aldehydes is 1. The van der Waals surface area contributed by atoms with E-state index in [0.717, 1.165) is 11.8 Å². The maximum absolute atomic E-state index is 10.4. The van der Waals surface area contributed by atoms with Crippen LogP contribution < -0.4 is 0 Å². The topological polar surface area (TPSA) is 17.1 Å². The van der Waals surface area contributed by atoms with Gasteiger partial charge in [0.15, 0.2) is 6.29 Å². The number of carbonyl (C=O) groups excluding carboxylic acids is 1. The molecule has 0 radical (unpaired) electrons. The van der Waals surface area contributed by atoms with Gasteiger partial charge in [0.2, 0.25) is 0 Å². The van der Waals surface area contributed by atoms with Crippen molar-refractivity contribution in [3.8, 4) is 11.8 Å². The first kappa shape index (κ1) is 8.32. The lowest BCUT2D eigenvalue weighted by Gasteiger charge is -1.81. The first-order valence-corrected chi connectivity index (χ1v) is 4.37. The molecule has 0 fully saturated rings. The Kier molecular flexibility index (Phi) is 3.15. The molecule has 0 aromatic carbocycles. The second kappa shape index (κ2) is 4.17. The number of hydrogen-bond donors (Lipinski definition) is 0. The fourth-order valence-electron chi connectivity index (χ4n) is 0.644. The Bertz CT molecular complexity index is 305. The highest BCUT2D eigenvalue weighted by Gasteiger charge is 1.97. The summed E-state index contributed by atoms with van der Waals surface area (Å²) < 4.78 is 0. The van der Waals surface area contributed by atoms with E-state index >= 15 is 0 Å². The lowest BCUT2D eigenvalue weighted by atomic mass is 10.3. The Balaban J connectivity index is 2.93. The second-order valence-electron chi connectivity index (χ2n) is 1.75. The molecule has 1 heterocycles. The van der Waals surface area contributed by atoms with Gasteiger partial charge in [-0.15, -0.1) is 22.9 Å². The van der Waals surface area contributed by atoms with Crippen molar-refractivity contribution in [2.45, 2.75) is 0 Å². The van der Waals surface area contributed by atoms with Crippen LogP contribution in [0.15, 0.2) is 11.4 Å². The summed E-state index contributed by atoms with van der Waals surface area (Å²) in [7, 11) is 0. The Labute approximate surface area is 74.0 Å². The molecule has 56 valence electrons. The summed E-state index contributed by atoms with van der Waals surface area (Å²) in [6.07, 6.45) is 0.808. The van der Waals surface area contributed by atoms with E-state index in [1.54, 1.807) is 0 Å². The molecule has 0 bridgehead atoms.